The van der Waals surface area contributed by atoms with Crippen LogP contribution in [-0.4, -0.2) is 90.4 Å². The number of nitrogens with two attached hydrogens (primary N) is 1. The van der Waals surface area contributed by atoms with Crippen LogP contribution in [0.1, 0.15) is 51.4 Å². The average molecular weight is 626 g/mol. The summed E-state index contributed by atoms with van der Waals surface area (Å²) >= 11 is 1.58. The monoisotopic (exact) mass is 625 g/mol. The van der Waals surface area contributed by atoms with E-state index in [-0.39, 0.29) is 50.5 Å². The second-order valence-electron chi connectivity index (χ2n) is 11.3. The van der Waals surface area contributed by atoms with Crippen molar-refractivity contribution in [3.8, 4) is 10.4 Å². The van der Waals surface area contributed by atoms with Crippen molar-refractivity contribution >= 4 is 41.5 Å². The number of aliphatic hydroxyl groups is 1. The van der Waals surface area contributed by atoms with Gasteiger partial charge in [0.15, 0.2) is 0 Å². The summed E-state index contributed by atoms with van der Waals surface area (Å²) in [4.78, 5) is 46.5. The number of ether oxygens (including phenoxy) is 2. The van der Waals surface area contributed by atoms with Gasteiger partial charge in [-0.15, -0.1) is 23.7 Å². The van der Waals surface area contributed by atoms with Gasteiger partial charge in [-0.1, -0.05) is 45.0 Å². The molecule has 5 N–H and O–H groups in total. The number of hydrogen-bond acceptors (Lipinski definition) is 9. The number of β-amino-alcohol motifs (C(OH)–C–C–N with tert-alkyl or cyclic N) is 1. The summed E-state index contributed by atoms with van der Waals surface area (Å²) in [5.74, 6) is -1.24. The first-order valence-corrected chi connectivity index (χ1v) is 14.7. The van der Waals surface area contributed by atoms with Gasteiger partial charge in [-0.3, -0.25) is 14.4 Å². The SMILES string of the molecule is Cc1ncsc1-c1ccc([C@H](C)NC(=O)[C@@H]2C[C@@H](O)CN2C(=O)C(NC(=O)COCCOCCN)C(C)(C)C)cc1.Cl. The molecule has 0 bridgehead atoms. The highest BCUT2D eigenvalue weighted by atomic mass is 35.5. The summed E-state index contributed by atoms with van der Waals surface area (Å²) in [6.07, 6.45) is -0.731. The Morgan fingerprint density at radius 3 is 2.40 bits per heavy atom. The van der Waals surface area contributed by atoms with E-state index in [1.165, 1.54) is 4.90 Å². The molecule has 1 aliphatic rings. The minimum absolute atomic E-state index is 0. The lowest BCUT2D eigenvalue weighted by molar-refractivity contribution is -0.144. The predicted octanol–water partition coefficient (Wildman–Crippen LogP) is 2.20. The third kappa shape index (κ3) is 9.72. The van der Waals surface area contributed by atoms with Crippen LogP contribution < -0.4 is 16.4 Å². The molecule has 1 unspecified atom stereocenters. The summed E-state index contributed by atoms with van der Waals surface area (Å²) in [7, 11) is 0. The number of aliphatic hydroxyl groups excluding tert-OH is 1. The van der Waals surface area contributed by atoms with Crippen LogP contribution in [0, 0.1) is 12.3 Å². The number of amides is 3. The first-order valence-electron chi connectivity index (χ1n) is 13.9. The van der Waals surface area contributed by atoms with Gasteiger partial charge in [0, 0.05) is 19.5 Å². The van der Waals surface area contributed by atoms with Gasteiger partial charge in [0.1, 0.15) is 18.7 Å². The topological polar surface area (TPSA) is 156 Å². The van der Waals surface area contributed by atoms with E-state index in [1.54, 1.807) is 11.3 Å². The van der Waals surface area contributed by atoms with Gasteiger partial charge in [-0.05, 0) is 30.4 Å². The third-order valence-corrected chi connectivity index (χ3v) is 7.91. The van der Waals surface area contributed by atoms with Crippen molar-refractivity contribution in [1.29, 1.82) is 0 Å². The standard InChI is InChI=1S/C29H43N5O6S.ClH/c1-18(20-6-8-21(9-7-20)25-19(2)31-17-41-25)32-27(37)23-14-22(35)15-34(23)28(38)26(29(3,4)5)33-24(36)16-40-13-12-39-11-10-30;/h6-9,17-18,22-23,26,35H,10-16,30H2,1-5H3,(H,32,37)(H,33,36);1H/t18-,22+,23-,26?;/m0./s1. The van der Waals surface area contributed by atoms with E-state index in [4.69, 9.17) is 15.2 Å². The molecule has 0 aliphatic carbocycles. The van der Waals surface area contributed by atoms with Crippen LogP contribution in [0.3, 0.4) is 0 Å². The smallest absolute Gasteiger partial charge is 0.246 e. The minimum Gasteiger partial charge on any atom is -0.391 e. The van der Waals surface area contributed by atoms with Crippen LogP contribution in [0.4, 0.5) is 0 Å². The first kappa shape index (κ1) is 35.6. The van der Waals surface area contributed by atoms with E-state index in [1.807, 2.05) is 64.4 Å². The second-order valence-corrected chi connectivity index (χ2v) is 12.2. The minimum atomic E-state index is -0.923. The number of nitrogens with one attached hydrogen (secondary N) is 2. The number of nitrogens with zero attached hydrogens (tertiary/aromatic N) is 2. The first-order chi connectivity index (χ1) is 19.4. The molecule has 11 nitrogen and oxygen atoms in total. The highest BCUT2D eigenvalue weighted by Gasteiger charge is 2.44. The maximum absolute atomic E-state index is 13.7. The van der Waals surface area contributed by atoms with E-state index in [0.29, 0.717) is 19.8 Å². The summed E-state index contributed by atoms with van der Waals surface area (Å²) in [5, 5.41) is 16.2. The van der Waals surface area contributed by atoms with Crippen LogP contribution in [0.25, 0.3) is 10.4 Å². The van der Waals surface area contributed by atoms with Crippen LogP contribution in [0.5, 0.6) is 0 Å². The molecule has 42 heavy (non-hydrogen) atoms. The normalized spacial score (nSPS) is 18.2. The van der Waals surface area contributed by atoms with Crippen LogP contribution in [-0.2, 0) is 23.9 Å². The van der Waals surface area contributed by atoms with Gasteiger partial charge in [0.05, 0.1) is 48.0 Å². The molecule has 1 aromatic carbocycles. The van der Waals surface area contributed by atoms with Crippen molar-refractivity contribution in [2.75, 3.05) is 39.5 Å². The van der Waals surface area contributed by atoms with Crippen LogP contribution in [0.2, 0.25) is 0 Å². The number of hydrogen-bond donors (Lipinski definition) is 4. The Labute approximate surface area is 257 Å². The molecular formula is C29H44ClN5O6S. The summed E-state index contributed by atoms with van der Waals surface area (Å²) < 4.78 is 10.6. The van der Waals surface area contributed by atoms with Crippen molar-refractivity contribution in [2.45, 2.75) is 65.3 Å². The van der Waals surface area contributed by atoms with E-state index in [2.05, 4.69) is 15.6 Å². The van der Waals surface area contributed by atoms with E-state index in [0.717, 1.165) is 21.7 Å². The number of carbonyl (C=O) groups is 3. The number of rotatable bonds is 13. The predicted molar refractivity (Wildman–Crippen MR) is 164 cm³/mol. The number of thiazole rings is 1. The van der Waals surface area contributed by atoms with Crippen LogP contribution in [0.15, 0.2) is 29.8 Å². The molecule has 0 radical (unpaired) electrons. The fourth-order valence-electron chi connectivity index (χ4n) is 4.69. The molecule has 1 aliphatic heterocycles. The fourth-order valence-corrected chi connectivity index (χ4v) is 5.50. The van der Waals surface area contributed by atoms with Crippen molar-refractivity contribution in [2.24, 2.45) is 11.1 Å². The number of halogens is 1. The molecule has 234 valence electrons. The van der Waals surface area contributed by atoms with E-state index < -0.39 is 35.4 Å². The van der Waals surface area contributed by atoms with Crippen LogP contribution >= 0.6 is 23.7 Å². The summed E-state index contributed by atoms with van der Waals surface area (Å²) in [6, 6.07) is 5.82. The molecule has 3 rings (SSSR count). The van der Waals surface area contributed by atoms with Gasteiger partial charge in [-0.2, -0.15) is 0 Å². The van der Waals surface area contributed by atoms with Gasteiger partial charge in [0.2, 0.25) is 17.7 Å². The molecule has 2 aromatic rings. The Bertz CT molecular complexity index is 1170. The van der Waals surface area contributed by atoms with Gasteiger partial charge in [0.25, 0.3) is 0 Å². The number of aryl methyl sites for hydroxylation is 1. The number of carbonyl (C=O) groups excluding carboxylic acids is 3. The number of likely N-dealkylation sites (tertiary alicyclic amines) is 1. The molecule has 3 amide bonds. The largest absolute Gasteiger partial charge is 0.391 e. The van der Waals surface area contributed by atoms with Gasteiger partial charge < -0.3 is 35.8 Å². The molecule has 4 atom stereocenters. The Kier molecular flexibility index (Phi) is 13.8. The Morgan fingerprint density at radius 1 is 1.14 bits per heavy atom. The molecule has 0 saturated carbocycles. The number of benzene rings is 1. The molecule has 1 saturated heterocycles. The zero-order valence-electron chi connectivity index (χ0n) is 24.9. The fraction of sp³-hybridized carbons (Fsp3) is 0.586. The molecule has 2 heterocycles. The molecule has 1 aromatic heterocycles. The third-order valence-electron chi connectivity index (χ3n) is 6.93. The highest BCUT2D eigenvalue weighted by Crippen LogP contribution is 2.29. The zero-order chi connectivity index (χ0) is 30.2. The lowest BCUT2D eigenvalue weighted by Crippen LogP contribution is -2.58. The number of aromatic nitrogens is 1. The quantitative estimate of drug-likeness (QED) is 0.247. The lowest BCUT2D eigenvalue weighted by atomic mass is 9.85. The Hall–Kier alpha value is -2.61. The lowest BCUT2D eigenvalue weighted by Gasteiger charge is -2.35. The molecular weight excluding hydrogens is 582 g/mol. The van der Waals surface area contributed by atoms with E-state index in [9.17, 15) is 19.5 Å². The van der Waals surface area contributed by atoms with Gasteiger partial charge >= 0.3 is 0 Å². The van der Waals surface area contributed by atoms with E-state index >= 15 is 0 Å². The second kappa shape index (κ2) is 16.3. The van der Waals surface area contributed by atoms with Crippen molar-refractivity contribution in [3.05, 3.63) is 41.0 Å². The maximum atomic E-state index is 13.7. The molecule has 13 heteroatoms. The Morgan fingerprint density at radius 2 is 1.81 bits per heavy atom. The summed E-state index contributed by atoms with van der Waals surface area (Å²) in [5.41, 5.74) is 9.47. The molecule has 1 fully saturated rings. The van der Waals surface area contributed by atoms with Gasteiger partial charge in [-0.25, -0.2) is 4.98 Å². The molecule has 0 spiro atoms. The average Bonchev–Trinajstić information content (AvgIpc) is 3.53. The Balaban J connectivity index is 0.00000616. The highest BCUT2D eigenvalue weighted by molar-refractivity contribution is 7.13. The summed E-state index contributed by atoms with van der Waals surface area (Å²) in [6.45, 7) is 10.4. The van der Waals surface area contributed by atoms with Crippen molar-refractivity contribution in [1.82, 2.24) is 20.5 Å². The zero-order valence-corrected chi connectivity index (χ0v) is 26.6. The van der Waals surface area contributed by atoms with Crippen molar-refractivity contribution < 1.29 is 29.0 Å². The van der Waals surface area contributed by atoms with Crippen molar-refractivity contribution in [3.63, 3.8) is 0 Å². The maximum Gasteiger partial charge on any atom is 0.246 e.